The lowest BCUT2D eigenvalue weighted by molar-refractivity contribution is -0.116. The fourth-order valence-electron chi connectivity index (χ4n) is 2.41. The molecule has 23 heavy (non-hydrogen) atoms. The Morgan fingerprint density at radius 3 is 2.78 bits per heavy atom. The number of fused-ring (bicyclic) bond motifs is 1. The molecule has 2 amide bonds. The summed E-state index contributed by atoms with van der Waals surface area (Å²) in [4.78, 5) is 25.7. The molecule has 0 saturated heterocycles. The van der Waals surface area contributed by atoms with E-state index in [0.29, 0.717) is 31.7 Å². The number of carbonyl (C=O) groups excluding carboxylic acids is 2. The molecule has 0 aliphatic carbocycles. The molecule has 1 aliphatic heterocycles. The van der Waals surface area contributed by atoms with Gasteiger partial charge in [-0.2, -0.15) is 5.10 Å². The molecule has 1 aliphatic rings. The van der Waals surface area contributed by atoms with E-state index >= 15 is 0 Å². The van der Waals surface area contributed by atoms with Crippen molar-refractivity contribution < 1.29 is 14.3 Å². The number of unbranched alkanes of at least 4 members (excludes halogenated alkanes) is 1. The SMILES string of the molecule is CCCCC(=O)Nc1n[nH]c2c1CN(C(=O)OC(C)(C)C)CC2. The third kappa shape index (κ3) is 4.71. The third-order valence-electron chi connectivity index (χ3n) is 3.60. The second-order valence-electron chi connectivity index (χ2n) is 6.83. The first-order valence-corrected chi connectivity index (χ1v) is 8.14. The van der Waals surface area contributed by atoms with Crippen molar-refractivity contribution in [2.24, 2.45) is 0 Å². The zero-order valence-corrected chi connectivity index (χ0v) is 14.4. The van der Waals surface area contributed by atoms with E-state index in [0.717, 1.165) is 24.1 Å². The van der Waals surface area contributed by atoms with Crippen molar-refractivity contribution in [3.63, 3.8) is 0 Å². The lowest BCUT2D eigenvalue weighted by Crippen LogP contribution is -2.40. The monoisotopic (exact) mass is 322 g/mol. The van der Waals surface area contributed by atoms with E-state index in [1.54, 1.807) is 4.90 Å². The highest BCUT2D eigenvalue weighted by atomic mass is 16.6. The summed E-state index contributed by atoms with van der Waals surface area (Å²) in [5.41, 5.74) is 1.31. The molecular formula is C16H26N4O3. The Hall–Kier alpha value is -2.05. The maximum Gasteiger partial charge on any atom is 0.410 e. The number of nitrogens with zero attached hydrogens (tertiary/aromatic N) is 2. The van der Waals surface area contributed by atoms with Crippen molar-refractivity contribution in [2.75, 3.05) is 11.9 Å². The predicted octanol–water partition coefficient (Wildman–Crippen LogP) is 2.83. The maximum atomic E-state index is 12.2. The highest BCUT2D eigenvalue weighted by Gasteiger charge is 2.28. The Balaban J connectivity index is 2.03. The van der Waals surface area contributed by atoms with Crippen molar-refractivity contribution in [3.8, 4) is 0 Å². The number of amides is 2. The van der Waals surface area contributed by atoms with Crippen LogP contribution < -0.4 is 5.32 Å². The van der Waals surface area contributed by atoms with Gasteiger partial charge in [0.2, 0.25) is 5.91 Å². The molecular weight excluding hydrogens is 296 g/mol. The largest absolute Gasteiger partial charge is 0.444 e. The predicted molar refractivity (Wildman–Crippen MR) is 87.1 cm³/mol. The zero-order valence-electron chi connectivity index (χ0n) is 14.4. The average Bonchev–Trinajstić information content (AvgIpc) is 2.85. The van der Waals surface area contributed by atoms with Gasteiger partial charge in [0.25, 0.3) is 0 Å². The second-order valence-corrected chi connectivity index (χ2v) is 6.83. The summed E-state index contributed by atoms with van der Waals surface area (Å²) < 4.78 is 5.41. The van der Waals surface area contributed by atoms with E-state index in [1.807, 2.05) is 27.7 Å². The summed E-state index contributed by atoms with van der Waals surface area (Å²) >= 11 is 0. The van der Waals surface area contributed by atoms with Gasteiger partial charge in [0, 0.05) is 30.6 Å². The molecule has 0 radical (unpaired) electrons. The minimum Gasteiger partial charge on any atom is -0.444 e. The number of H-pyrrole nitrogens is 1. The highest BCUT2D eigenvalue weighted by Crippen LogP contribution is 2.25. The molecule has 0 bridgehead atoms. The van der Waals surface area contributed by atoms with Gasteiger partial charge in [-0.25, -0.2) is 4.79 Å². The summed E-state index contributed by atoms with van der Waals surface area (Å²) in [5.74, 6) is 0.477. The molecule has 1 aromatic heterocycles. The van der Waals surface area contributed by atoms with Gasteiger partial charge < -0.3 is 15.0 Å². The van der Waals surface area contributed by atoms with Crippen LogP contribution in [0.25, 0.3) is 0 Å². The topological polar surface area (TPSA) is 87.3 Å². The minimum atomic E-state index is -0.523. The number of rotatable bonds is 4. The number of carbonyl (C=O) groups is 2. The van der Waals surface area contributed by atoms with Crippen LogP contribution in [-0.4, -0.2) is 39.2 Å². The molecule has 7 nitrogen and oxygen atoms in total. The summed E-state index contributed by atoms with van der Waals surface area (Å²) in [6.07, 6.45) is 2.63. The van der Waals surface area contributed by atoms with Gasteiger partial charge in [-0.05, 0) is 27.2 Å². The smallest absolute Gasteiger partial charge is 0.410 e. The van der Waals surface area contributed by atoms with Crippen LogP contribution >= 0.6 is 0 Å². The number of aromatic amines is 1. The van der Waals surface area contributed by atoms with Crippen molar-refractivity contribution >= 4 is 17.8 Å². The zero-order chi connectivity index (χ0) is 17.0. The summed E-state index contributed by atoms with van der Waals surface area (Å²) in [6, 6.07) is 0. The Morgan fingerprint density at radius 2 is 2.13 bits per heavy atom. The molecule has 0 fully saturated rings. The number of aromatic nitrogens is 2. The Morgan fingerprint density at radius 1 is 1.39 bits per heavy atom. The molecule has 2 N–H and O–H groups in total. The van der Waals surface area contributed by atoms with Crippen molar-refractivity contribution in [1.29, 1.82) is 0 Å². The fourth-order valence-corrected chi connectivity index (χ4v) is 2.41. The van der Waals surface area contributed by atoms with Gasteiger partial charge in [0.1, 0.15) is 5.60 Å². The molecule has 2 rings (SSSR count). The minimum absolute atomic E-state index is 0.0458. The summed E-state index contributed by atoms with van der Waals surface area (Å²) in [5, 5.41) is 9.96. The summed E-state index contributed by atoms with van der Waals surface area (Å²) in [6.45, 7) is 8.55. The van der Waals surface area contributed by atoms with E-state index < -0.39 is 5.60 Å². The van der Waals surface area contributed by atoms with E-state index in [2.05, 4.69) is 15.5 Å². The van der Waals surface area contributed by atoms with Crippen LogP contribution in [0.5, 0.6) is 0 Å². The highest BCUT2D eigenvalue weighted by molar-refractivity contribution is 5.90. The molecule has 0 unspecified atom stereocenters. The number of hydrogen-bond donors (Lipinski definition) is 2. The first-order chi connectivity index (χ1) is 10.8. The normalized spacial score (nSPS) is 14.3. The van der Waals surface area contributed by atoms with Crippen LogP contribution in [0.4, 0.5) is 10.6 Å². The van der Waals surface area contributed by atoms with Gasteiger partial charge in [0.05, 0.1) is 6.54 Å². The number of nitrogens with one attached hydrogen (secondary N) is 2. The number of anilines is 1. The maximum absolute atomic E-state index is 12.2. The van der Waals surface area contributed by atoms with Gasteiger partial charge in [0.15, 0.2) is 5.82 Å². The molecule has 0 aromatic carbocycles. The van der Waals surface area contributed by atoms with Gasteiger partial charge in [-0.15, -0.1) is 0 Å². The lowest BCUT2D eigenvalue weighted by atomic mass is 10.1. The van der Waals surface area contributed by atoms with Crippen molar-refractivity contribution in [3.05, 3.63) is 11.3 Å². The first kappa shape index (κ1) is 17.3. The van der Waals surface area contributed by atoms with Gasteiger partial charge in [-0.1, -0.05) is 13.3 Å². The molecule has 2 heterocycles. The molecule has 7 heteroatoms. The fraction of sp³-hybridized carbons (Fsp3) is 0.688. The molecule has 0 atom stereocenters. The standard InChI is InChI=1S/C16H26N4O3/c1-5-6-7-13(21)17-14-11-10-20(9-8-12(11)18-19-14)15(22)23-16(2,3)4/h5-10H2,1-4H3,(H2,17,18,19,21). The molecule has 0 spiro atoms. The van der Waals surface area contributed by atoms with Crippen LogP contribution in [0.15, 0.2) is 0 Å². The first-order valence-electron chi connectivity index (χ1n) is 8.14. The Labute approximate surface area is 136 Å². The van der Waals surface area contributed by atoms with Crippen LogP contribution in [0.1, 0.15) is 58.2 Å². The van der Waals surface area contributed by atoms with E-state index in [-0.39, 0.29) is 12.0 Å². The average molecular weight is 322 g/mol. The van der Waals surface area contributed by atoms with Crippen molar-refractivity contribution in [2.45, 2.75) is 65.5 Å². The quantitative estimate of drug-likeness (QED) is 0.892. The lowest BCUT2D eigenvalue weighted by Gasteiger charge is -2.30. The second kappa shape index (κ2) is 7.02. The van der Waals surface area contributed by atoms with Gasteiger partial charge in [-0.3, -0.25) is 9.89 Å². The van der Waals surface area contributed by atoms with E-state index in [9.17, 15) is 9.59 Å². The third-order valence-corrected chi connectivity index (χ3v) is 3.60. The van der Waals surface area contributed by atoms with E-state index in [1.165, 1.54) is 0 Å². The Bertz CT molecular complexity index is 574. The van der Waals surface area contributed by atoms with Gasteiger partial charge >= 0.3 is 6.09 Å². The summed E-state index contributed by atoms with van der Waals surface area (Å²) in [7, 11) is 0. The molecule has 0 saturated carbocycles. The van der Waals surface area contributed by atoms with Crippen LogP contribution in [0.2, 0.25) is 0 Å². The van der Waals surface area contributed by atoms with Crippen molar-refractivity contribution in [1.82, 2.24) is 15.1 Å². The number of ether oxygens (including phenoxy) is 1. The molecule has 128 valence electrons. The van der Waals surface area contributed by atoms with E-state index in [4.69, 9.17) is 4.74 Å². The van der Waals surface area contributed by atoms with Crippen LogP contribution in [-0.2, 0) is 22.5 Å². The van der Waals surface area contributed by atoms with Crippen LogP contribution in [0.3, 0.4) is 0 Å². The molecule has 1 aromatic rings. The van der Waals surface area contributed by atoms with Crippen LogP contribution in [0, 0.1) is 0 Å². The Kier molecular flexibility index (Phi) is 5.28. The number of hydrogen-bond acceptors (Lipinski definition) is 4.